The average Bonchev–Trinajstić information content (AvgIpc) is 1.91. The summed E-state index contributed by atoms with van der Waals surface area (Å²) in [7, 11) is 3.21. The van der Waals surface area contributed by atoms with Crippen molar-refractivity contribution in [3.63, 3.8) is 0 Å². The minimum absolute atomic E-state index is 0.0648. The normalized spacial score (nSPS) is 8.38. The van der Waals surface area contributed by atoms with Crippen molar-refractivity contribution in [2.45, 2.75) is 18.8 Å². The van der Waals surface area contributed by atoms with Gasteiger partial charge in [0.15, 0.2) is 6.29 Å². The molecule has 0 spiro atoms. The van der Waals surface area contributed by atoms with Gasteiger partial charge >= 0.3 is 23.3 Å². The standard InChI is InChI=1S/C4H10O2.CH3.Li/c1-4(5-2)6-3;;/h4H,1-3H3;1H3;. The molecule has 2 nitrogen and oxygen atoms in total. The molecule has 0 radical (unpaired) electrons. The zero-order valence-corrected chi connectivity index (χ0v) is 6.39. The molecule has 0 heterocycles. The quantitative estimate of drug-likeness (QED) is 0.389. The summed E-state index contributed by atoms with van der Waals surface area (Å²) in [5.74, 6) is 0. The summed E-state index contributed by atoms with van der Waals surface area (Å²) in [5.41, 5.74) is 2.00. The summed E-state index contributed by atoms with van der Waals surface area (Å²) in [6.07, 6.45) is -0.0648. The Bertz CT molecular complexity index is 29.6. The van der Waals surface area contributed by atoms with Gasteiger partial charge in [0.1, 0.15) is 0 Å². The van der Waals surface area contributed by atoms with E-state index in [1.54, 1.807) is 14.2 Å². The number of methoxy groups -OCH3 is 2. The van der Waals surface area contributed by atoms with Gasteiger partial charge in [0.2, 0.25) is 0 Å². The van der Waals surface area contributed by atoms with Crippen LogP contribution in [-0.4, -0.2) is 38.2 Å². The zero-order chi connectivity index (χ0) is 6.99. The van der Waals surface area contributed by atoms with Crippen LogP contribution in [0, 0.1) is 0 Å². The summed E-state index contributed by atoms with van der Waals surface area (Å²) >= 11 is 2.00. The molecule has 0 aromatic heterocycles. The molecule has 0 aliphatic heterocycles. The van der Waals surface area contributed by atoms with Gasteiger partial charge in [-0.25, -0.2) is 0 Å². The van der Waals surface area contributed by atoms with Gasteiger partial charge in [0.25, 0.3) is 0 Å². The molecule has 0 saturated carbocycles. The van der Waals surface area contributed by atoms with Crippen LogP contribution in [0.2, 0.25) is 5.60 Å². The van der Waals surface area contributed by atoms with E-state index < -0.39 is 0 Å². The molecule has 0 N–H and O–H groups in total. The van der Waals surface area contributed by atoms with Crippen molar-refractivity contribution in [1.29, 1.82) is 0 Å². The Morgan fingerprint density at radius 2 is 1.38 bits per heavy atom. The SMILES string of the molecule is COC(C)OC.[Li][CH3]. The van der Waals surface area contributed by atoms with Crippen molar-refractivity contribution in [1.82, 2.24) is 0 Å². The Morgan fingerprint density at radius 3 is 1.38 bits per heavy atom. The third kappa shape index (κ3) is 9.72. The number of rotatable bonds is 2. The van der Waals surface area contributed by atoms with Crippen molar-refractivity contribution in [2.24, 2.45) is 0 Å². The third-order valence-electron chi connectivity index (χ3n) is 0.664. The molecule has 0 aromatic rings. The molecule has 0 aliphatic rings. The van der Waals surface area contributed by atoms with E-state index in [0.29, 0.717) is 0 Å². The summed E-state index contributed by atoms with van der Waals surface area (Å²) < 4.78 is 9.35. The predicted molar refractivity (Wildman–Crippen MR) is 35.1 cm³/mol. The Balaban J connectivity index is 0. The molecule has 3 heteroatoms. The molecular formula is C5H13LiO2. The molecule has 0 atom stereocenters. The van der Waals surface area contributed by atoms with E-state index in [4.69, 9.17) is 0 Å². The fourth-order valence-electron chi connectivity index (χ4n) is 0.0962. The van der Waals surface area contributed by atoms with E-state index in [9.17, 15) is 0 Å². The average molecular weight is 112 g/mol. The van der Waals surface area contributed by atoms with Gasteiger partial charge in [-0.05, 0) is 6.92 Å². The fraction of sp³-hybridized carbons (Fsp3) is 1.00. The summed E-state index contributed by atoms with van der Waals surface area (Å²) in [4.78, 5) is 0. The number of ether oxygens (including phenoxy) is 2. The van der Waals surface area contributed by atoms with Crippen LogP contribution in [-0.2, 0) is 9.47 Å². The van der Waals surface area contributed by atoms with Gasteiger partial charge in [0, 0.05) is 14.2 Å². The maximum atomic E-state index is 4.68. The Hall–Kier alpha value is 0.517. The van der Waals surface area contributed by atoms with Gasteiger partial charge in [-0.1, -0.05) is 0 Å². The molecule has 0 aliphatic carbocycles. The van der Waals surface area contributed by atoms with Gasteiger partial charge in [0.05, 0.1) is 0 Å². The van der Waals surface area contributed by atoms with Crippen LogP contribution < -0.4 is 0 Å². The zero-order valence-electron chi connectivity index (χ0n) is 6.39. The Morgan fingerprint density at radius 1 is 1.12 bits per heavy atom. The number of hydrogen-bond donors (Lipinski definition) is 0. The van der Waals surface area contributed by atoms with E-state index in [2.05, 4.69) is 9.47 Å². The molecular weight excluding hydrogens is 99.0 g/mol. The molecule has 0 aromatic carbocycles. The van der Waals surface area contributed by atoms with E-state index in [0.717, 1.165) is 0 Å². The first kappa shape index (κ1) is 11.3. The first-order valence-corrected chi connectivity index (χ1v) is 2.87. The summed E-state index contributed by atoms with van der Waals surface area (Å²) in [6.45, 7) is 1.83. The second-order valence-corrected chi connectivity index (χ2v) is 1.04. The van der Waals surface area contributed by atoms with Crippen LogP contribution in [0.4, 0.5) is 0 Å². The van der Waals surface area contributed by atoms with Crippen LogP contribution in [0.3, 0.4) is 0 Å². The third-order valence-corrected chi connectivity index (χ3v) is 0.664. The maximum absolute atomic E-state index is 4.68. The van der Waals surface area contributed by atoms with Crippen LogP contribution in [0.5, 0.6) is 0 Å². The van der Waals surface area contributed by atoms with Crippen LogP contribution in [0.15, 0.2) is 0 Å². The van der Waals surface area contributed by atoms with Crippen molar-refractivity contribution in [2.75, 3.05) is 14.2 Å². The second-order valence-electron chi connectivity index (χ2n) is 1.04. The Labute approximate surface area is 60.8 Å². The minimum atomic E-state index is -0.0648. The fourth-order valence-corrected chi connectivity index (χ4v) is 0.0962. The van der Waals surface area contributed by atoms with E-state index in [1.165, 1.54) is 0 Å². The van der Waals surface area contributed by atoms with Crippen molar-refractivity contribution >= 4 is 17.7 Å². The Kier molecular flexibility index (Phi) is 14.9. The molecule has 46 valence electrons. The first-order valence-electron chi connectivity index (χ1n) is 2.87. The molecule has 0 fully saturated rings. The van der Waals surface area contributed by atoms with Gasteiger partial charge in [-0.2, -0.15) is 0 Å². The van der Waals surface area contributed by atoms with Crippen LogP contribution >= 0.6 is 0 Å². The van der Waals surface area contributed by atoms with E-state index in [-0.39, 0.29) is 6.29 Å². The molecule has 0 amide bonds. The molecule has 8 heavy (non-hydrogen) atoms. The topological polar surface area (TPSA) is 18.5 Å². The van der Waals surface area contributed by atoms with Crippen molar-refractivity contribution in [3.05, 3.63) is 0 Å². The van der Waals surface area contributed by atoms with Gasteiger partial charge in [-0.15, -0.1) is 0 Å². The van der Waals surface area contributed by atoms with Gasteiger partial charge in [-0.3, -0.25) is 0 Å². The van der Waals surface area contributed by atoms with Gasteiger partial charge < -0.3 is 9.47 Å². The molecule has 0 bridgehead atoms. The second kappa shape index (κ2) is 10.5. The molecule has 0 unspecified atom stereocenters. The predicted octanol–water partition coefficient (Wildman–Crippen LogP) is 0.828. The first-order chi connectivity index (χ1) is 3.81. The van der Waals surface area contributed by atoms with E-state index >= 15 is 0 Å². The van der Waals surface area contributed by atoms with Crippen LogP contribution in [0.1, 0.15) is 6.92 Å². The monoisotopic (exact) mass is 112 g/mol. The van der Waals surface area contributed by atoms with Crippen molar-refractivity contribution in [3.8, 4) is 0 Å². The van der Waals surface area contributed by atoms with Crippen molar-refractivity contribution < 1.29 is 9.47 Å². The number of hydrogen-bond acceptors (Lipinski definition) is 2. The van der Waals surface area contributed by atoms with Crippen LogP contribution in [0.25, 0.3) is 0 Å². The van der Waals surface area contributed by atoms with E-state index in [1.807, 2.05) is 30.2 Å². The summed E-state index contributed by atoms with van der Waals surface area (Å²) in [6, 6.07) is 0. The molecule has 0 saturated heterocycles. The summed E-state index contributed by atoms with van der Waals surface area (Å²) in [5, 5.41) is 0. The molecule has 0 rings (SSSR count).